The van der Waals surface area contributed by atoms with E-state index < -0.39 is 0 Å². The van der Waals surface area contributed by atoms with Gasteiger partial charge in [0, 0.05) is 43.2 Å². The average molecular weight is 393 g/mol. The van der Waals surface area contributed by atoms with Gasteiger partial charge in [-0.05, 0) is 30.5 Å². The van der Waals surface area contributed by atoms with Gasteiger partial charge < -0.3 is 20.3 Å². The standard InChI is InChI=1S/C23H27N3O3/c1-29-21-9-5-3-7-18(21)20-15-24-12-13-26(20)22(27)11-10-17-14-16-6-2-4-8-19(16)25-23(17)28/h2-9,17,20,24H,10-15H2,1H3,(H,25,28). The molecule has 6 heteroatoms. The second-order valence-electron chi connectivity index (χ2n) is 7.64. The fraction of sp³-hybridized carbons (Fsp3) is 0.391. The molecule has 2 unspecified atom stereocenters. The first-order valence-corrected chi connectivity index (χ1v) is 10.2. The van der Waals surface area contributed by atoms with Crippen LogP contribution in [0.25, 0.3) is 0 Å². The molecule has 4 rings (SSSR count). The number of carbonyl (C=O) groups is 2. The van der Waals surface area contributed by atoms with E-state index in [4.69, 9.17) is 4.74 Å². The zero-order valence-electron chi connectivity index (χ0n) is 16.7. The van der Waals surface area contributed by atoms with Crippen LogP contribution in [0.2, 0.25) is 0 Å². The molecule has 0 spiro atoms. The molecule has 2 aromatic rings. The molecular formula is C23H27N3O3. The maximum Gasteiger partial charge on any atom is 0.227 e. The highest BCUT2D eigenvalue weighted by atomic mass is 16.5. The van der Waals surface area contributed by atoms with E-state index >= 15 is 0 Å². The van der Waals surface area contributed by atoms with E-state index in [1.807, 2.05) is 53.4 Å². The molecule has 0 radical (unpaired) electrons. The number of benzene rings is 2. The lowest BCUT2D eigenvalue weighted by atomic mass is 9.89. The summed E-state index contributed by atoms with van der Waals surface area (Å²) in [6, 6.07) is 15.7. The largest absolute Gasteiger partial charge is 0.496 e. The van der Waals surface area contributed by atoms with Gasteiger partial charge in [0.25, 0.3) is 0 Å². The van der Waals surface area contributed by atoms with Gasteiger partial charge in [0.1, 0.15) is 5.75 Å². The molecule has 2 aliphatic rings. The molecule has 0 saturated carbocycles. The fourth-order valence-corrected chi connectivity index (χ4v) is 4.31. The highest BCUT2D eigenvalue weighted by Gasteiger charge is 2.31. The first-order valence-electron chi connectivity index (χ1n) is 10.2. The number of amides is 2. The molecule has 2 heterocycles. The van der Waals surface area contributed by atoms with Crippen LogP contribution in [0.5, 0.6) is 5.75 Å². The van der Waals surface area contributed by atoms with Crippen LogP contribution in [0.4, 0.5) is 5.69 Å². The Morgan fingerprint density at radius 3 is 2.83 bits per heavy atom. The summed E-state index contributed by atoms with van der Waals surface area (Å²) in [5.74, 6) is 0.732. The van der Waals surface area contributed by atoms with Gasteiger partial charge >= 0.3 is 0 Å². The van der Waals surface area contributed by atoms with Crippen molar-refractivity contribution in [3.63, 3.8) is 0 Å². The second-order valence-corrected chi connectivity index (χ2v) is 7.64. The van der Waals surface area contributed by atoms with Crippen LogP contribution in [0.1, 0.15) is 30.0 Å². The number of para-hydroxylation sites is 2. The Labute approximate surface area is 171 Å². The van der Waals surface area contributed by atoms with Crippen molar-refractivity contribution in [1.82, 2.24) is 10.2 Å². The number of piperazine rings is 1. The Kier molecular flexibility index (Phi) is 5.81. The molecule has 2 N–H and O–H groups in total. The molecule has 1 fully saturated rings. The number of ether oxygens (including phenoxy) is 1. The van der Waals surface area contributed by atoms with E-state index in [-0.39, 0.29) is 23.8 Å². The minimum atomic E-state index is -0.165. The van der Waals surface area contributed by atoms with Crippen molar-refractivity contribution in [3.8, 4) is 5.75 Å². The van der Waals surface area contributed by atoms with Crippen LogP contribution < -0.4 is 15.4 Å². The minimum absolute atomic E-state index is 0.0121. The van der Waals surface area contributed by atoms with Crippen LogP contribution in [-0.4, -0.2) is 43.5 Å². The van der Waals surface area contributed by atoms with Gasteiger partial charge in [0.2, 0.25) is 11.8 Å². The number of methoxy groups -OCH3 is 1. The van der Waals surface area contributed by atoms with Crippen LogP contribution >= 0.6 is 0 Å². The summed E-state index contributed by atoms with van der Waals surface area (Å²) < 4.78 is 5.51. The Balaban J connectivity index is 1.44. The number of fused-ring (bicyclic) bond motifs is 1. The van der Waals surface area contributed by atoms with Gasteiger partial charge in [0.15, 0.2) is 0 Å². The number of nitrogens with zero attached hydrogens (tertiary/aromatic N) is 1. The first-order chi connectivity index (χ1) is 14.2. The van der Waals surface area contributed by atoms with Gasteiger partial charge in [-0.15, -0.1) is 0 Å². The minimum Gasteiger partial charge on any atom is -0.496 e. The monoisotopic (exact) mass is 393 g/mol. The summed E-state index contributed by atoms with van der Waals surface area (Å²) in [7, 11) is 1.65. The number of hydrogen-bond donors (Lipinski definition) is 2. The molecule has 152 valence electrons. The number of anilines is 1. The third kappa shape index (κ3) is 4.12. The Hall–Kier alpha value is -2.86. The van der Waals surface area contributed by atoms with Crippen LogP contribution in [0.3, 0.4) is 0 Å². The molecular weight excluding hydrogens is 366 g/mol. The van der Waals surface area contributed by atoms with E-state index in [0.29, 0.717) is 32.4 Å². The lowest BCUT2D eigenvalue weighted by Crippen LogP contribution is -2.49. The van der Waals surface area contributed by atoms with E-state index in [0.717, 1.165) is 29.1 Å². The Morgan fingerprint density at radius 1 is 1.17 bits per heavy atom. The molecule has 2 aliphatic heterocycles. The summed E-state index contributed by atoms with van der Waals surface area (Å²) >= 11 is 0. The zero-order valence-corrected chi connectivity index (χ0v) is 16.7. The number of nitrogens with one attached hydrogen (secondary N) is 2. The number of carbonyl (C=O) groups excluding carboxylic acids is 2. The van der Waals surface area contributed by atoms with E-state index in [2.05, 4.69) is 10.6 Å². The maximum atomic E-state index is 13.1. The number of hydrogen-bond acceptors (Lipinski definition) is 4. The average Bonchev–Trinajstić information content (AvgIpc) is 2.77. The van der Waals surface area contributed by atoms with E-state index in [1.165, 1.54) is 0 Å². The smallest absolute Gasteiger partial charge is 0.227 e. The predicted octanol–water partition coefficient (Wildman–Crippen LogP) is 2.76. The summed E-state index contributed by atoms with van der Waals surface area (Å²) in [6.07, 6.45) is 1.61. The molecule has 0 aromatic heterocycles. The van der Waals surface area contributed by atoms with Crippen molar-refractivity contribution in [2.45, 2.75) is 25.3 Å². The van der Waals surface area contributed by atoms with E-state index in [9.17, 15) is 9.59 Å². The third-order valence-electron chi connectivity index (χ3n) is 5.88. The van der Waals surface area contributed by atoms with Gasteiger partial charge in [-0.25, -0.2) is 0 Å². The molecule has 2 amide bonds. The summed E-state index contributed by atoms with van der Waals surface area (Å²) in [4.78, 5) is 27.5. The van der Waals surface area contributed by atoms with Crippen LogP contribution in [-0.2, 0) is 16.0 Å². The summed E-state index contributed by atoms with van der Waals surface area (Å²) in [6.45, 7) is 2.12. The molecule has 1 saturated heterocycles. The highest BCUT2D eigenvalue weighted by molar-refractivity contribution is 5.96. The van der Waals surface area contributed by atoms with Crippen molar-refractivity contribution in [1.29, 1.82) is 0 Å². The molecule has 2 aromatic carbocycles. The van der Waals surface area contributed by atoms with Gasteiger partial charge in [-0.2, -0.15) is 0 Å². The second kappa shape index (κ2) is 8.66. The Morgan fingerprint density at radius 2 is 1.97 bits per heavy atom. The predicted molar refractivity (Wildman–Crippen MR) is 112 cm³/mol. The summed E-state index contributed by atoms with van der Waals surface area (Å²) in [5, 5.41) is 6.35. The third-order valence-corrected chi connectivity index (χ3v) is 5.88. The van der Waals surface area contributed by atoms with Gasteiger partial charge in [-0.3, -0.25) is 9.59 Å². The molecule has 2 atom stereocenters. The zero-order chi connectivity index (χ0) is 20.2. The van der Waals surface area contributed by atoms with Gasteiger partial charge in [0.05, 0.1) is 13.2 Å². The fourth-order valence-electron chi connectivity index (χ4n) is 4.31. The molecule has 6 nitrogen and oxygen atoms in total. The lowest BCUT2D eigenvalue weighted by Gasteiger charge is -2.37. The maximum absolute atomic E-state index is 13.1. The van der Waals surface area contributed by atoms with Crippen molar-refractivity contribution in [2.24, 2.45) is 5.92 Å². The molecule has 0 bridgehead atoms. The van der Waals surface area contributed by atoms with E-state index in [1.54, 1.807) is 7.11 Å². The van der Waals surface area contributed by atoms with Crippen molar-refractivity contribution < 1.29 is 14.3 Å². The lowest BCUT2D eigenvalue weighted by molar-refractivity contribution is -0.135. The highest BCUT2D eigenvalue weighted by Crippen LogP contribution is 2.32. The Bertz CT molecular complexity index is 898. The van der Waals surface area contributed by atoms with Crippen molar-refractivity contribution in [2.75, 3.05) is 32.1 Å². The molecule has 29 heavy (non-hydrogen) atoms. The van der Waals surface area contributed by atoms with Crippen LogP contribution in [0.15, 0.2) is 48.5 Å². The topological polar surface area (TPSA) is 70.7 Å². The normalized spacial score (nSPS) is 21.3. The van der Waals surface area contributed by atoms with Crippen molar-refractivity contribution in [3.05, 3.63) is 59.7 Å². The number of rotatable bonds is 5. The molecule has 0 aliphatic carbocycles. The first kappa shape index (κ1) is 19.5. The van der Waals surface area contributed by atoms with Gasteiger partial charge in [-0.1, -0.05) is 36.4 Å². The van der Waals surface area contributed by atoms with Crippen LogP contribution in [0, 0.1) is 5.92 Å². The summed E-state index contributed by atoms with van der Waals surface area (Å²) in [5.41, 5.74) is 3.04. The SMILES string of the molecule is COc1ccccc1C1CNCCN1C(=O)CCC1Cc2ccccc2NC1=O. The van der Waals surface area contributed by atoms with Crippen molar-refractivity contribution >= 4 is 17.5 Å². The quantitative estimate of drug-likeness (QED) is 0.820.